The van der Waals surface area contributed by atoms with Crippen molar-refractivity contribution in [1.82, 2.24) is 20.8 Å². The van der Waals surface area contributed by atoms with Crippen molar-refractivity contribution in [2.24, 2.45) is 5.84 Å². The number of benzene rings is 1. The highest BCUT2D eigenvalue weighted by Gasteiger charge is 2.12. The number of aromatic amines is 1. The minimum absolute atomic E-state index is 0.0134. The number of nitrogens with one attached hydrogen (secondary N) is 2. The zero-order chi connectivity index (χ0) is 11.4. The lowest BCUT2D eigenvalue weighted by Crippen LogP contribution is -2.29. The molecule has 84 valence electrons. The van der Waals surface area contributed by atoms with Gasteiger partial charge in [0.2, 0.25) is 0 Å². The van der Waals surface area contributed by atoms with Gasteiger partial charge in [0, 0.05) is 0 Å². The second-order valence-corrected chi connectivity index (χ2v) is 3.81. The zero-order valence-corrected chi connectivity index (χ0v) is 9.14. The predicted molar refractivity (Wildman–Crippen MR) is 61.3 cm³/mol. The van der Waals surface area contributed by atoms with Gasteiger partial charge in [0.1, 0.15) is 5.69 Å². The Kier molecular flexibility index (Phi) is 3.28. The average molecular weight is 217 g/mol. The van der Waals surface area contributed by atoms with Crippen molar-refractivity contribution in [3.05, 3.63) is 47.3 Å². The maximum absolute atomic E-state index is 5.52. The first kappa shape index (κ1) is 10.8. The summed E-state index contributed by atoms with van der Waals surface area (Å²) in [6, 6.07) is 8.33. The lowest BCUT2D eigenvalue weighted by molar-refractivity contribution is 0.537. The molecule has 1 aromatic heterocycles. The molecule has 0 radical (unpaired) electrons. The fourth-order valence-electron chi connectivity index (χ4n) is 1.70. The number of hydrogen-bond donors (Lipinski definition) is 3. The first-order valence-electron chi connectivity index (χ1n) is 5.17. The van der Waals surface area contributed by atoms with Gasteiger partial charge < -0.3 is 0 Å². The predicted octanol–water partition coefficient (Wildman–Crippen LogP) is 0.860. The maximum Gasteiger partial charge on any atom is 0.101 e. The Balaban J connectivity index is 2.13. The molecule has 0 aliphatic heterocycles. The molecule has 2 aromatic rings. The van der Waals surface area contributed by atoms with Gasteiger partial charge >= 0.3 is 0 Å². The third kappa shape index (κ3) is 2.44. The second kappa shape index (κ2) is 4.87. The lowest BCUT2D eigenvalue weighted by Gasteiger charge is -2.13. The highest BCUT2D eigenvalue weighted by molar-refractivity contribution is 5.24. The first-order chi connectivity index (χ1) is 7.79. The Morgan fingerprint density at radius 2 is 2.38 bits per heavy atom. The van der Waals surface area contributed by atoms with Gasteiger partial charge in [0.05, 0.1) is 12.2 Å². The van der Waals surface area contributed by atoms with Crippen molar-refractivity contribution in [2.45, 2.75) is 19.4 Å². The van der Waals surface area contributed by atoms with E-state index in [0.717, 1.165) is 12.1 Å². The van der Waals surface area contributed by atoms with E-state index in [2.05, 4.69) is 46.0 Å². The van der Waals surface area contributed by atoms with Crippen molar-refractivity contribution in [3.63, 3.8) is 0 Å². The number of rotatable bonds is 4. The number of H-pyrrole nitrogens is 1. The molecule has 2 rings (SSSR count). The molecule has 0 amide bonds. The van der Waals surface area contributed by atoms with Crippen molar-refractivity contribution < 1.29 is 0 Å². The molecule has 0 bridgehead atoms. The summed E-state index contributed by atoms with van der Waals surface area (Å²) in [5.74, 6) is 5.52. The molecule has 0 fully saturated rings. The molecular weight excluding hydrogens is 202 g/mol. The molecule has 0 aliphatic carbocycles. The van der Waals surface area contributed by atoms with E-state index < -0.39 is 0 Å². The van der Waals surface area contributed by atoms with Crippen LogP contribution in [0.2, 0.25) is 0 Å². The fourth-order valence-corrected chi connectivity index (χ4v) is 1.70. The van der Waals surface area contributed by atoms with Crippen LogP contribution in [-0.4, -0.2) is 15.4 Å². The minimum atomic E-state index is -0.0134. The molecule has 0 saturated heterocycles. The molecule has 5 heteroatoms. The van der Waals surface area contributed by atoms with E-state index in [1.807, 2.05) is 6.07 Å². The fraction of sp³-hybridized carbons (Fsp3) is 0.273. The van der Waals surface area contributed by atoms with Gasteiger partial charge in [-0.25, -0.2) is 0 Å². The quantitative estimate of drug-likeness (QED) is 0.524. The van der Waals surface area contributed by atoms with Gasteiger partial charge in [-0.2, -0.15) is 15.4 Å². The third-order valence-electron chi connectivity index (χ3n) is 2.51. The largest absolute Gasteiger partial charge is 0.271 e. The number of hydrazine groups is 1. The first-order valence-corrected chi connectivity index (χ1v) is 5.17. The van der Waals surface area contributed by atoms with Crippen LogP contribution in [-0.2, 0) is 6.42 Å². The molecule has 1 unspecified atom stereocenters. The van der Waals surface area contributed by atoms with E-state index >= 15 is 0 Å². The zero-order valence-electron chi connectivity index (χ0n) is 9.14. The van der Waals surface area contributed by atoms with Crippen LogP contribution in [0.1, 0.15) is 22.9 Å². The Hall–Kier alpha value is -1.72. The summed E-state index contributed by atoms with van der Waals surface area (Å²) in [6.07, 6.45) is 2.48. The summed E-state index contributed by atoms with van der Waals surface area (Å²) in [5.41, 5.74) is 6.04. The number of aryl methyl sites for hydroxylation is 1. The van der Waals surface area contributed by atoms with E-state index in [0.29, 0.717) is 0 Å². The summed E-state index contributed by atoms with van der Waals surface area (Å²) in [4.78, 5) is 0. The number of nitrogens with two attached hydrogens (primary N) is 1. The van der Waals surface area contributed by atoms with Crippen molar-refractivity contribution in [3.8, 4) is 0 Å². The van der Waals surface area contributed by atoms with Crippen LogP contribution in [0.4, 0.5) is 0 Å². The highest BCUT2D eigenvalue weighted by atomic mass is 15.3. The molecule has 0 spiro atoms. The topological polar surface area (TPSA) is 79.6 Å². The van der Waals surface area contributed by atoms with Gasteiger partial charge in [0.15, 0.2) is 0 Å². The minimum Gasteiger partial charge on any atom is -0.271 e. The number of hydrogen-bond acceptors (Lipinski definition) is 4. The van der Waals surface area contributed by atoms with Gasteiger partial charge in [-0.3, -0.25) is 11.3 Å². The Morgan fingerprint density at radius 1 is 1.50 bits per heavy atom. The summed E-state index contributed by atoms with van der Waals surface area (Å²) < 4.78 is 0. The molecule has 16 heavy (non-hydrogen) atoms. The Bertz CT molecular complexity index is 437. The van der Waals surface area contributed by atoms with Crippen LogP contribution in [0.5, 0.6) is 0 Å². The van der Waals surface area contributed by atoms with Crippen LogP contribution in [0.15, 0.2) is 30.5 Å². The van der Waals surface area contributed by atoms with Gasteiger partial charge in [-0.05, 0) is 18.9 Å². The van der Waals surface area contributed by atoms with Crippen LogP contribution in [0.25, 0.3) is 0 Å². The average Bonchev–Trinajstić information content (AvgIpc) is 2.79. The van der Waals surface area contributed by atoms with Crippen LogP contribution >= 0.6 is 0 Å². The van der Waals surface area contributed by atoms with Crippen LogP contribution < -0.4 is 11.3 Å². The molecule has 1 aromatic carbocycles. The van der Waals surface area contributed by atoms with Crippen LogP contribution in [0.3, 0.4) is 0 Å². The normalized spacial score (nSPS) is 12.6. The molecule has 5 nitrogen and oxygen atoms in total. The van der Waals surface area contributed by atoms with Gasteiger partial charge in [0.25, 0.3) is 0 Å². The van der Waals surface area contributed by atoms with E-state index in [4.69, 9.17) is 5.84 Å². The SMILES string of the molecule is Cc1cccc(CC(NN)c2cn[nH]n2)c1. The monoisotopic (exact) mass is 217 g/mol. The molecular formula is C11H15N5. The van der Waals surface area contributed by atoms with E-state index in [1.165, 1.54) is 11.1 Å². The molecule has 0 saturated carbocycles. The van der Waals surface area contributed by atoms with E-state index in [1.54, 1.807) is 6.20 Å². The van der Waals surface area contributed by atoms with E-state index in [-0.39, 0.29) is 6.04 Å². The molecule has 4 N–H and O–H groups in total. The maximum atomic E-state index is 5.52. The molecule has 1 atom stereocenters. The van der Waals surface area contributed by atoms with Gasteiger partial charge in [-0.1, -0.05) is 29.8 Å². The van der Waals surface area contributed by atoms with Gasteiger partial charge in [-0.15, -0.1) is 0 Å². The second-order valence-electron chi connectivity index (χ2n) is 3.81. The summed E-state index contributed by atoms with van der Waals surface area (Å²) in [6.45, 7) is 2.07. The smallest absolute Gasteiger partial charge is 0.101 e. The summed E-state index contributed by atoms with van der Waals surface area (Å²) in [7, 11) is 0. The van der Waals surface area contributed by atoms with Crippen molar-refractivity contribution >= 4 is 0 Å². The summed E-state index contributed by atoms with van der Waals surface area (Å²) >= 11 is 0. The van der Waals surface area contributed by atoms with Crippen LogP contribution in [0, 0.1) is 6.92 Å². The molecule has 1 heterocycles. The van der Waals surface area contributed by atoms with Crippen molar-refractivity contribution in [1.29, 1.82) is 0 Å². The standard InChI is InChI=1S/C11H15N5/c1-8-3-2-4-9(5-8)6-10(14-12)11-7-13-16-15-11/h2-5,7,10,14H,6,12H2,1H3,(H,13,15,16). The highest BCUT2D eigenvalue weighted by Crippen LogP contribution is 2.15. The summed E-state index contributed by atoms with van der Waals surface area (Å²) in [5, 5.41) is 10.4. The number of nitrogens with zero attached hydrogens (tertiary/aromatic N) is 2. The third-order valence-corrected chi connectivity index (χ3v) is 2.51. The Morgan fingerprint density at radius 3 is 3.00 bits per heavy atom. The lowest BCUT2D eigenvalue weighted by atomic mass is 10.0. The number of aromatic nitrogens is 3. The van der Waals surface area contributed by atoms with E-state index in [9.17, 15) is 0 Å². The Labute approximate surface area is 94.0 Å². The van der Waals surface area contributed by atoms with Crippen molar-refractivity contribution in [2.75, 3.05) is 0 Å². The molecule has 0 aliphatic rings.